The van der Waals surface area contributed by atoms with Crippen LogP contribution >= 0.6 is 0 Å². The molecule has 14 heavy (non-hydrogen) atoms. The van der Waals surface area contributed by atoms with Crippen molar-refractivity contribution in [3.63, 3.8) is 0 Å². The molecular weight excluding hydrogens is 180 g/mol. The van der Waals surface area contributed by atoms with Crippen LogP contribution in [-0.2, 0) is 4.74 Å². The van der Waals surface area contributed by atoms with Crippen molar-refractivity contribution in [3.8, 4) is 6.07 Å². The zero-order valence-electron chi connectivity index (χ0n) is 9.42. The molecule has 1 N–H and O–H groups in total. The summed E-state index contributed by atoms with van der Waals surface area (Å²) in [5.74, 6) is 0.0764. The second-order valence-corrected chi connectivity index (χ2v) is 4.50. The fourth-order valence-corrected chi connectivity index (χ4v) is 0.783. The highest BCUT2D eigenvalue weighted by Crippen LogP contribution is 2.08. The van der Waals surface area contributed by atoms with E-state index in [1.54, 1.807) is 20.8 Å². The molecule has 0 aromatic carbocycles. The fraction of sp³-hybridized carbons (Fsp3) is 0.800. The highest BCUT2D eigenvalue weighted by atomic mass is 16.6. The Bertz CT molecular complexity index is 235. The third kappa shape index (κ3) is 5.41. The van der Waals surface area contributed by atoms with Crippen molar-refractivity contribution >= 4 is 6.09 Å². The van der Waals surface area contributed by atoms with Crippen LogP contribution in [-0.4, -0.2) is 17.7 Å². The Balaban J connectivity index is 4.13. The number of hydrogen-bond acceptors (Lipinski definition) is 3. The minimum atomic E-state index is -0.544. The van der Waals surface area contributed by atoms with Gasteiger partial charge in [0, 0.05) is 0 Å². The summed E-state index contributed by atoms with van der Waals surface area (Å²) in [6.07, 6.45) is -0.544. The normalized spacial score (nSPS) is 13.2. The van der Waals surface area contributed by atoms with Gasteiger partial charge in [0.1, 0.15) is 11.6 Å². The van der Waals surface area contributed by atoms with Gasteiger partial charge in [-0.1, -0.05) is 13.8 Å². The molecule has 0 aliphatic heterocycles. The summed E-state index contributed by atoms with van der Waals surface area (Å²) in [6.45, 7) is 9.08. The maximum Gasteiger partial charge on any atom is 0.408 e. The lowest BCUT2D eigenvalue weighted by atomic mass is 10.1. The maximum absolute atomic E-state index is 11.2. The lowest BCUT2D eigenvalue weighted by molar-refractivity contribution is 0.0506. The molecule has 0 spiro atoms. The minimum Gasteiger partial charge on any atom is -0.444 e. The van der Waals surface area contributed by atoms with Crippen molar-refractivity contribution in [2.45, 2.75) is 46.3 Å². The monoisotopic (exact) mass is 198 g/mol. The van der Waals surface area contributed by atoms with Gasteiger partial charge in [0.2, 0.25) is 0 Å². The molecule has 0 heterocycles. The van der Waals surface area contributed by atoms with Crippen molar-refractivity contribution in [1.82, 2.24) is 5.32 Å². The topological polar surface area (TPSA) is 62.1 Å². The zero-order valence-corrected chi connectivity index (χ0v) is 9.42. The number of alkyl carbamates (subject to hydrolysis) is 1. The van der Waals surface area contributed by atoms with Crippen LogP contribution in [0.1, 0.15) is 34.6 Å². The summed E-state index contributed by atoms with van der Waals surface area (Å²) in [4.78, 5) is 11.2. The molecule has 1 atom stereocenters. The molecule has 1 amide bonds. The van der Waals surface area contributed by atoms with Gasteiger partial charge >= 0.3 is 6.09 Å². The van der Waals surface area contributed by atoms with Crippen LogP contribution in [0.15, 0.2) is 0 Å². The fourth-order valence-electron chi connectivity index (χ4n) is 0.783. The van der Waals surface area contributed by atoms with Crippen LogP contribution in [0.5, 0.6) is 0 Å². The standard InChI is InChI=1S/C10H18N2O2/c1-7(2)8(6-11)12-9(13)14-10(3,4)5/h7-8H,1-5H3,(H,12,13). The molecule has 4 heteroatoms. The van der Waals surface area contributed by atoms with Gasteiger partial charge in [-0.25, -0.2) is 4.79 Å². The average Bonchev–Trinajstić information content (AvgIpc) is 1.96. The number of rotatable bonds is 2. The number of ether oxygens (including phenoxy) is 1. The number of carbonyl (C=O) groups excluding carboxylic acids is 1. The molecule has 0 bridgehead atoms. The second-order valence-electron chi connectivity index (χ2n) is 4.50. The molecule has 80 valence electrons. The molecule has 4 nitrogen and oxygen atoms in total. The van der Waals surface area contributed by atoms with Crippen LogP contribution < -0.4 is 5.32 Å². The Morgan fingerprint density at radius 2 is 1.93 bits per heavy atom. The van der Waals surface area contributed by atoms with E-state index in [-0.39, 0.29) is 5.92 Å². The minimum absolute atomic E-state index is 0.0764. The number of carbonyl (C=O) groups is 1. The Labute approximate surface area is 85.2 Å². The molecule has 0 rings (SSSR count). The van der Waals surface area contributed by atoms with Crippen molar-refractivity contribution in [1.29, 1.82) is 5.26 Å². The summed E-state index contributed by atoms with van der Waals surface area (Å²) in [6, 6.07) is 1.51. The van der Waals surface area contributed by atoms with E-state index in [0.29, 0.717) is 0 Å². The van der Waals surface area contributed by atoms with Crippen LogP contribution in [0.25, 0.3) is 0 Å². The molecule has 1 unspecified atom stereocenters. The van der Waals surface area contributed by atoms with Crippen molar-refractivity contribution < 1.29 is 9.53 Å². The molecule has 0 saturated carbocycles. The molecule has 0 fully saturated rings. The summed E-state index contributed by atoms with van der Waals surface area (Å²) >= 11 is 0. The maximum atomic E-state index is 11.2. The number of nitriles is 1. The second kappa shape index (κ2) is 4.85. The Kier molecular flexibility index (Phi) is 4.42. The number of nitrogens with one attached hydrogen (secondary N) is 1. The average molecular weight is 198 g/mol. The lowest BCUT2D eigenvalue weighted by Crippen LogP contribution is -2.40. The highest BCUT2D eigenvalue weighted by Gasteiger charge is 2.20. The van der Waals surface area contributed by atoms with Gasteiger partial charge in [-0.3, -0.25) is 0 Å². The summed E-state index contributed by atoms with van der Waals surface area (Å²) in [5.41, 5.74) is -0.527. The van der Waals surface area contributed by atoms with Crippen LogP contribution in [0.3, 0.4) is 0 Å². The molecule has 0 aromatic heterocycles. The first-order valence-electron chi connectivity index (χ1n) is 4.65. The van der Waals surface area contributed by atoms with Gasteiger partial charge in [0.25, 0.3) is 0 Å². The SMILES string of the molecule is CC(C)C(C#N)NC(=O)OC(C)(C)C. The van der Waals surface area contributed by atoms with Crippen LogP contribution in [0, 0.1) is 17.2 Å². The van der Waals surface area contributed by atoms with Crippen LogP contribution in [0.2, 0.25) is 0 Å². The summed E-state index contributed by atoms with van der Waals surface area (Å²) in [7, 11) is 0. The van der Waals surface area contributed by atoms with E-state index < -0.39 is 17.7 Å². The van der Waals surface area contributed by atoms with E-state index in [1.165, 1.54) is 0 Å². The molecule has 0 aliphatic carbocycles. The van der Waals surface area contributed by atoms with Gasteiger partial charge < -0.3 is 10.1 Å². The van der Waals surface area contributed by atoms with E-state index >= 15 is 0 Å². The molecule has 0 aromatic rings. The smallest absolute Gasteiger partial charge is 0.408 e. The van der Waals surface area contributed by atoms with E-state index in [0.717, 1.165) is 0 Å². The third-order valence-electron chi connectivity index (χ3n) is 1.48. The highest BCUT2D eigenvalue weighted by molar-refractivity contribution is 5.68. The largest absolute Gasteiger partial charge is 0.444 e. The van der Waals surface area contributed by atoms with Gasteiger partial charge in [0.15, 0.2) is 0 Å². The summed E-state index contributed by atoms with van der Waals surface area (Å²) in [5, 5.41) is 11.2. The van der Waals surface area contributed by atoms with Crippen LogP contribution in [0.4, 0.5) is 4.79 Å². The van der Waals surface area contributed by atoms with Crippen molar-refractivity contribution in [2.75, 3.05) is 0 Å². The Morgan fingerprint density at radius 1 is 1.43 bits per heavy atom. The zero-order chi connectivity index (χ0) is 11.4. The van der Waals surface area contributed by atoms with E-state index in [1.807, 2.05) is 19.9 Å². The predicted octanol–water partition coefficient (Wildman–Crippen LogP) is 2.06. The molecular formula is C10H18N2O2. The van der Waals surface area contributed by atoms with Gasteiger partial charge in [-0.05, 0) is 26.7 Å². The first-order valence-corrected chi connectivity index (χ1v) is 4.65. The van der Waals surface area contributed by atoms with E-state index in [2.05, 4.69) is 5.32 Å². The Morgan fingerprint density at radius 3 is 2.21 bits per heavy atom. The van der Waals surface area contributed by atoms with Crippen molar-refractivity contribution in [2.24, 2.45) is 5.92 Å². The number of nitrogens with zero attached hydrogens (tertiary/aromatic N) is 1. The predicted molar refractivity (Wildman–Crippen MR) is 53.6 cm³/mol. The molecule has 0 saturated heterocycles. The first kappa shape index (κ1) is 12.8. The van der Waals surface area contributed by atoms with E-state index in [4.69, 9.17) is 10.00 Å². The Hall–Kier alpha value is -1.24. The molecule has 0 aliphatic rings. The summed E-state index contributed by atoms with van der Waals surface area (Å²) < 4.78 is 5.02. The van der Waals surface area contributed by atoms with Gasteiger partial charge in [0.05, 0.1) is 6.07 Å². The van der Waals surface area contributed by atoms with Gasteiger partial charge in [-0.2, -0.15) is 5.26 Å². The lowest BCUT2D eigenvalue weighted by Gasteiger charge is -2.22. The quantitative estimate of drug-likeness (QED) is 0.738. The third-order valence-corrected chi connectivity index (χ3v) is 1.48. The number of amides is 1. The molecule has 0 radical (unpaired) electrons. The first-order chi connectivity index (χ1) is 6.26. The van der Waals surface area contributed by atoms with E-state index in [9.17, 15) is 4.79 Å². The van der Waals surface area contributed by atoms with Gasteiger partial charge in [-0.15, -0.1) is 0 Å². The van der Waals surface area contributed by atoms with Crippen molar-refractivity contribution in [3.05, 3.63) is 0 Å². The number of hydrogen-bond donors (Lipinski definition) is 1.